The van der Waals surface area contributed by atoms with Crippen LogP contribution >= 0.6 is 19.2 Å². The number of rotatable bonds is 13. The molecule has 0 spiro atoms. The van der Waals surface area contributed by atoms with Crippen molar-refractivity contribution in [1.82, 2.24) is 5.32 Å². The number of nitro groups is 2. The molecule has 0 aliphatic heterocycles. The number of hydrogen-bond donors (Lipinski definition) is 1. The summed E-state index contributed by atoms with van der Waals surface area (Å²) in [6.07, 6.45) is 0. The van der Waals surface area contributed by atoms with Crippen LogP contribution in [0, 0.1) is 20.2 Å². The molecular formula is C28H25ClN3O7P. The quantitative estimate of drug-likeness (QED) is 0.0970. The number of nitrogens with zero attached hydrogens (tertiary/aromatic N) is 2. The van der Waals surface area contributed by atoms with Crippen molar-refractivity contribution in [3.05, 3.63) is 151 Å². The van der Waals surface area contributed by atoms with Crippen LogP contribution in [0.4, 0.5) is 11.4 Å². The maximum absolute atomic E-state index is 14.7. The van der Waals surface area contributed by atoms with Gasteiger partial charge < -0.3 is 9.05 Å². The third kappa shape index (κ3) is 7.18. The maximum atomic E-state index is 14.7. The first-order chi connectivity index (χ1) is 19.3. The smallest absolute Gasteiger partial charge is 0.302 e. The summed E-state index contributed by atoms with van der Waals surface area (Å²) in [6.45, 7) is -0.580. The van der Waals surface area contributed by atoms with Crippen LogP contribution in [0.2, 0.25) is 5.02 Å². The van der Waals surface area contributed by atoms with Crippen molar-refractivity contribution in [1.29, 1.82) is 0 Å². The molecule has 0 radical (unpaired) electrons. The summed E-state index contributed by atoms with van der Waals surface area (Å²) in [5.41, 5.74) is 1.24. The molecular weight excluding hydrogens is 557 g/mol. The molecule has 1 atom stereocenters. The van der Waals surface area contributed by atoms with Crippen LogP contribution in [-0.4, -0.2) is 9.85 Å². The van der Waals surface area contributed by atoms with Gasteiger partial charge in [-0.15, -0.1) is 0 Å². The number of nitro benzene ring substituents is 2. The molecule has 1 N–H and O–H groups in total. The summed E-state index contributed by atoms with van der Waals surface area (Å²) in [5, 5.41) is 26.7. The Hall–Kier alpha value is -3.92. The molecule has 0 saturated carbocycles. The predicted octanol–water partition coefficient (Wildman–Crippen LogP) is 7.57. The van der Waals surface area contributed by atoms with Crippen LogP contribution in [0.5, 0.6) is 0 Å². The molecule has 0 bridgehead atoms. The Morgan fingerprint density at radius 1 is 0.725 bits per heavy atom. The molecule has 0 fully saturated rings. The fraction of sp³-hybridized carbons (Fsp3) is 0.143. The highest BCUT2D eigenvalue weighted by atomic mass is 35.5. The van der Waals surface area contributed by atoms with Gasteiger partial charge in [-0.2, -0.15) is 0 Å². The van der Waals surface area contributed by atoms with Crippen molar-refractivity contribution in [2.24, 2.45) is 0 Å². The van der Waals surface area contributed by atoms with Crippen LogP contribution < -0.4 is 5.32 Å². The highest BCUT2D eigenvalue weighted by Gasteiger charge is 2.39. The fourth-order valence-electron chi connectivity index (χ4n) is 4.03. The zero-order valence-corrected chi connectivity index (χ0v) is 22.7. The lowest BCUT2D eigenvalue weighted by atomic mass is 10.2. The van der Waals surface area contributed by atoms with Gasteiger partial charge in [0.2, 0.25) is 0 Å². The van der Waals surface area contributed by atoms with E-state index in [0.29, 0.717) is 5.56 Å². The molecule has 0 aliphatic carbocycles. The van der Waals surface area contributed by atoms with Gasteiger partial charge in [-0.25, -0.2) is 0 Å². The van der Waals surface area contributed by atoms with E-state index in [2.05, 4.69) is 5.32 Å². The van der Waals surface area contributed by atoms with E-state index in [9.17, 15) is 24.8 Å². The molecule has 0 aromatic heterocycles. The first-order valence-corrected chi connectivity index (χ1v) is 14.1. The van der Waals surface area contributed by atoms with Crippen molar-refractivity contribution in [3.8, 4) is 0 Å². The van der Waals surface area contributed by atoms with Crippen LogP contribution in [0.1, 0.15) is 28.0 Å². The topological polar surface area (TPSA) is 134 Å². The molecule has 12 heteroatoms. The number of para-hydroxylation sites is 2. The van der Waals surface area contributed by atoms with E-state index in [4.69, 9.17) is 20.6 Å². The number of benzene rings is 4. The molecule has 206 valence electrons. The van der Waals surface area contributed by atoms with E-state index >= 15 is 0 Å². The molecule has 4 rings (SSSR count). The molecule has 10 nitrogen and oxygen atoms in total. The minimum atomic E-state index is -4.29. The Labute approximate surface area is 235 Å². The van der Waals surface area contributed by atoms with Crippen molar-refractivity contribution in [2.75, 3.05) is 0 Å². The largest absolute Gasteiger partial charge is 0.352 e. The first-order valence-electron chi connectivity index (χ1n) is 12.1. The Morgan fingerprint density at radius 2 is 1.20 bits per heavy atom. The summed E-state index contributed by atoms with van der Waals surface area (Å²) in [4.78, 5) is 22.0. The summed E-state index contributed by atoms with van der Waals surface area (Å²) in [5.74, 6) is -1.12. The van der Waals surface area contributed by atoms with Crippen molar-refractivity contribution >= 4 is 30.6 Å². The minimum Gasteiger partial charge on any atom is -0.302 e. The van der Waals surface area contributed by atoms with Gasteiger partial charge in [-0.3, -0.25) is 30.1 Å². The molecule has 0 amide bonds. The van der Waals surface area contributed by atoms with E-state index < -0.39 is 36.4 Å². The third-order valence-corrected chi connectivity index (χ3v) is 8.45. The van der Waals surface area contributed by atoms with Gasteiger partial charge in [0.05, 0.1) is 34.2 Å². The average Bonchev–Trinajstić information content (AvgIpc) is 2.97. The molecule has 0 unspecified atom stereocenters. The summed E-state index contributed by atoms with van der Waals surface area (Å²) >= 11 is 6.52. The lowest BCUT2D eigenvalue weighted by Gasteiger charge is -2.29. The first kappa shape index (κ1) is 29.1. The molecule has 40 heavy (non-hydrogen) atoms. The highest BCUT2D eigenvalue weighted by Crippen LogP contribution is 2.62. The Bertz CT molecular complexity index is 1470. The fourth-order valence-corrected chi connectivity index (χ4v) is 6.24. The second-order valence-electron chi connectivity index (χ2n) is 8.65. The van der Waals surface area contributed by atoms with Crippen molar-refractivity contribution < 1.29 is 23.5 Å². The zero-order chi connectivity index (χ0) is 28.5. The van der Waals surface area contributed by atoms with Crippen molar-refractivity contribution in [3.63, 3.8) is 0 Å². The summed E-state index contributed by atoms with van der Waals surface area (Å²) in [6, 6.07) is 27.9. The van der Waals surface area contributed by atoms with Crippen molar-refractivity contribution in [2.45, 2.75) is 25.5 Å². The van der Waals surface area contributed by atoms with Crippen LogP contribution in [0.15, 0.2) is 103 Å². The predicted molar refractivity (Wildman–Crippen MR) is 151 cm³/mol. The average molecular weight is 582 g/mol. The van der Waals surface area contributed by atoms with Gasteiger partial charge in [0.1, 0.15) is 5.78 Å². The molecule has 4 aromatic carbocycles. The SMILES string of the molecule is O=[N+]([O-])c1ccccc1COP(=O)(OCc1ccccc1[N+](=O)[O-])[C@H](NCc1ccccc1)c1ccccc1Cl. The zero-order valence-electron chi connectivity index (χ0n) is 21.1. The minimum absolute atomic E-state index is 0.183. The van der Waals surface area contributed by atoms with Crippen LogP contribution in [-0.2, 0) is 33.4 Å². The molecule has 0 aliphatic rings. The van der Waals surface area contributed by atoms with Crippen LogP contribution in [0.25, 0.3) is 0 Å². The lowest BCUT2D eigenvalue weighted by molar-refractivity contribution is -0.385. The monoisotopic (exact) mass is 581 g/mol. The lowest BCUT2D eigenvalue weighted by Crippen LogP contribution is -2.23. The van der Waals surface area contributed by atoms with Crippen LogP contribution in [0.3, 0.4) is 0 Å². The Balaban J connectivity index is 1.74. The van der Waals surface area contributed by atoms with E-state index in [1.807, 2.05) is 30.3 Å². The van der Waals surface area contributed by atoms with Gasteiger partial charge in [0.25, 0.3) is 11.4 Å². The standard InChI is InChI=1S/C28H25ClN3O7P/c29-25-15-7-6-14-24(25)28(30-18-21-10-2-1-3-11-21)40(37,38-19-22-12-4-8-16-26(22)31(33)34)39-20-23-13-5-9-17-27(23)32(35)36/h1-17,28,30H,18-20H2/t28-/m0/s1. The van der Waals surface area contributed by atoms with Gasteiger partial charge in [0.15, 0.2) is 0 Å². The van der Waals surface area contributed by atoms with Gasteiger partial charge in [0, 0.05) is 23.7 Å². The van der Waals surface area contributed by atoms with E-state index in [-0.39, 0.29) is 34.1 Å². The summed E-state index contributed by atoms with van der Waals surface area (Å²) in [7, 11) is -4.29. The number of halogens is 1. The van der Waals surface area contributed by atoms with E-state index in [0.717, 1.165) is 5.56 Å². The van der Waals surface area contributed by atoms with Gasteiger partial charge in [-0.1, -0.05) is 84.4 Å². The second-order valence-corrected chi connectivity index (χ2v) is 11.2. The van der Waals surface area contributed by atoms with E-state index in [1.165, 1.54) is 36.4 Å². The molecule has 4 aromatic rings. The van der Waals surface area contributed by atoms with Gasteiger partial charge in [-0.05, 0) is 29.3 Å². The summed E-state index contributed by atoms with van der Waals surface area (Å²) < 4.78 is 26.5. The normalized spacial score (nSPS) is 12.1. The highest BCUT2D eigenvalue weighted by molar-refractivity contribution is 7.54. The van der Waals surface area contributed by atoms with Gasteiger partial charge >= 0.3 is 7.60 Å². The Kier molecular flexibility index (Phi) is 9.76. The number of hydrogen-bond acceptors (Lipinski definition) is 8. The second kappa shape index (κ2) is 13.4. The molecule has 0 heterocycles. The maximum Gasteiger partial charge on any atom is 0.352 e. The Morgan fingerprint density at radius 3 is 1.73 bits per heavy atom. The third-order valence-electron chi connectivity index (χ3n) is 6.04. The van der Waals surface area contributed by atoms with E-state index in [1.54, 1.807) is 36.4 Å². The molecule has 0 saturated heterocycles. The number of nitrogens with one attached hydrogen (secondary N) is 1.